The molecule has 0 aliphatic carbocycles. The van der Waals surface area contributed by atoms with Crippen LogP contribution in [-0.4, -0.2) is 42.3 Å². The van der Waals surface area contributed by atoms with Crippen molar-refractivity contribution in [2.45, 2.75) is 46.2 Å². The number of aliphatic imine (C=N–C) groups is 1. The minimum absolute atomic E-state index is 0.236. The van der Waals surface area contributed by atoms with Gasteiger partial charge in [0.05, 0.1) is 6.04 Å². The van der Waals surface area contributed by atoms with Crippen LogP contribution >= 0.6 is 0 Å². The van der Waals surface area contributed by atoms with Crippen molar-refractivity contribution >= 4 is 12.2 Å². The summed E-state index contributed by atoms with van der Waals surface area (Å²) in [4.78, 5) is 17.3. The van der Waals surface area contributed by atoms with Gasteiger partial charge in [-0.15, -0.1) is 0 Å². The van der Waals surface area contributed by atoms with E-state index in [1.54, 1.807) is 0 Å². The van der Waals surface area contributed by atoms with Crippen LogP contribution in [0.2, 0.25) is 0 Å². The molecular formula is C15H26N4O. The van der Waals surface area contributed by atoms with Gasteiger partial charge in [0.25, 0.3) is 0 Å². The molecule has 1 heterocycles. The summed E-state index contributed by atoms with van der Waals surface area (Å²) in [6, 6.07) is 0.587. The minimum Gasteiger partial charge on any atom is -0.368 e. The SMILES string of the molecule is C\C=C/C(=N/C(=C/CC)NC(C)C)N1CC(NC=O)C1. The Bertz CT molecular complexity index is 393. The number of rotatable bonds is 7. The Labute approximate surface area is 121 Å². The molecule has 1 aliphatic heterocycles. The molecule has 112 valence electrons. The third-order valence-corrected chi connectivity index (χ3v) is 2.89. The molecule has 0 radical (unpaired) electrons. The molecule has 0 saturated carbocycles. The van der Waals surface area contributed by atoms with Crippen molar-refractivity contribution < 1.29 is 4.79 Å². The van der Waals surface area contributed by atoms with Gasteiger partial charge in [0.15, 0.2) is 0 Å². The van der Waals surface area contributed by atoms with Gasteiger partial charge < -0.3 is 15.5 Å². The average molecular weight is 278 g/mol. The molecule has 0 spiro atoms. The van der Waals surface area contributed by atoms with Crippen molar-refractivity contribution in [2.24, 2.45) is 4.99 Å². The van der Waals surface area contributed by atoms with Gasteiger partial charge in [-0.2, -0.15) is 0 Å². The van der Waals surface area contributed by atoms with Gasteiger partial charge in [-0.1, -0.05) is 13.0 Å². The summed E-state index contributed by atoms with van der Waals surface area (Å²) in [5.74, 6) is 1.84. The largest absolute Gasteiger partial charge is 0.368 e. The molecule has 1 aliphatic rings. The number of carbonyl (C=O) groups excluding carboxylic acids is 1. The highest BCUT2D eigenvalue weighted by molar-refractivity contribution is 5.94. The van der Waals surface area contributed by atoms with Crippen LogP contribution in [0.15, 0.2) is 29.0 Å². The van der Waals surface area contributed by atoms with Gasteiger partial charge in [0.2, 0.25) is 6.41 Å². The monoisotopic (exact) mass is 278 g/mol. The molecule has 2 N–H and O–H groups in total. The zero-order valence-corrected chi connectivity index (χ0v) is 12.9. The highest BCUT2D eigenvalue weighted by atomic mass is 16.1. The Kier molecular flexibility index (Phi) is 6.84. The lowest BCUT2D eigenvalue weighted by atomic mass is 10.1. The Morgan fingerprint density at radius 1 is 1.45 bits per heavy atom. The fourth-order valence-electron chi connectivity index (χ4n) is 1.98. The molecule has 1 amide bonds. The van der Waals surface area contributed by atoms with E-state index >= 15 is 0 Å². The summed E-state index contributed by atoms with van der Waals surface area (Å²) in [7, 11) is 0. The van der Waals surface area contributed by atoms with Gasteiger partial charge in [0, 0.05) is 19.1 Å². The topological polar surface area (TPSA) is 56.7 Å². The summed E-state index contributed by atoms with van der Waals surface area (Å²) in [5, 5.41) is 6.14. The Hall–Kier alpha value is -1.78. The second kappa shape index (κ2) is 8.40. The van der Waals surface area contributed by atoms with Crippen LogP contribution in [0.25, 0.3) is 0 Å². The number of nitrogens with one attached hydrogen (secondary N) is 2. The van der Waals surface area contributed by atoms with E-state index in [1.807, 2.05) is 19.1 Å². The second-order valence-corrected chi connectivity index (χ2v) is 5.15. The highest BCUT2D eigenvalue weighted by Gasteiger charge is 2.27. The molecule has 0 aromatic rings. The molecule has 5 nitrogen and oxygen atoms in total. The highest BCUT2D eigenvalue weighted by Crippen LogP contribution is 2.11. The van der Waals surface area contributed by atoms with Gasteiger partial charge in [0.1, 0.15) is 11.7 Å². The van der Waals surface area contributed by atoms with Crippen molar-refractivity contribution in [3.8, 4) is 0 Å². The molecule has 0 aromatic carbocycles. The number of nitrogens with zero attached hydrogens (tertiary/aromatic N) is 2. The van der Waals surface area contributed by atoms with Crippen LogP contribution in [0, 0.1) is 0 Å². The predicted molar refractivity (Wildman–Crippen MR) is 83.5 cm³/mol. The van der Waals surface area contributed by atoms with Crippen LogP contribution < -0.4 is 10.6 Å². The van der Waals surface area contributed by atoms with E-state index in [-0.39, 0.29) is 6.04 Å². The number of hydrogen-bond acceptors (Lipinski definition) is 3. The molecule has 0 atom stereocenters. The van der Waals surface area contributed by atoms with Gasteiger partial charge >= 0.3 is 0 Å². The first kappa shape index (κ1) is 16.3. The fraction of sp³-hybridized carbons (Fsp3) is 0.600. The molecular weight excluding hydrogens is 252 g/mol. The predicted octanol–water partition coefficient (Wildman–Crippen LogP) is 1.64. The molecule has 1 rings (SSSR count). The lowest BCUT2D eigenvalue weighted by molar-refractivity contribution is -0.110. The summed E-state index contributed by atoms with van der Waals surface area (Å²) in [6.07, 6.45) is 7.78. The van der Waals surface area contributed by atoms with Crippen LogP contribution in [0.3, 0.4) is 0 Å². The smallest absolute Gasteiger partial charge is 0.207 e. The van der Waals surface area contributed by atoms with Crippen molar-refractivity contribution in [1.82, 2.24) is 15.5 Å². The number of allylic oxidation sites excluding steroid dienone is 2. The van der Waals surface area contributed by atoms with Gasteiger partial charge in [-0.05, 0) is 39.3 Å². The van der Waals surface area contributed by atoms with Crippen molar-refractivity contribution in [3.63, 3.8) is 0 Å². The van der Waals surface area contributed by atoms with E-state index in [4.69, 9.17) is 4.99 Å². The summed E-state index contributed by atoms with van der Waals surface area (Å²) in [5.41, 5.74) is 0. The van der Waals surface area contributed by atoms with E-state index in [2.05, 4.69) is 42.4 Å². The van der Waals surface area contributed by atoms with E-state index in [1.165, 1.54) is 0 Å². The summed E-state index contributed by atoms with van der Waals surface area (Å²) >= 11 is 0. The first-order valence-corrected chi connectivity index (χ1v) is 7.23. The number of amides is 1. The maximum absolute atomic E-state index is 10.4. The van der Waals surface area contributed by atoms with Crippen LogP contribution in [0.1, 0.15) is 34.1 Å². The standard InChI is InChI=1S/C15H26N4O/c1-5-7-14(17-12(3)4)18-15(8-6-2)19-9-13(10-19)16-11-20/h6-8,11-13,17H,5,9-10H2,1-4H3,(H,16,20)/b8-6-,14-7+,18-15-. The molecule has 0 aromatic heterocycles. The zero-order chi connectivity index (χ0) is 15.0. The van der Waals surface area contributed by atoms with E-state index in [9.17, 15) is 4.79 Å². The van der Waals surface area contributed by atoms with Gasteiger partial charge in [-0.3, -0.25) is 4.79 Å². The van der Waals surface area contributed by atoms with E-state index in [0.29, 0.717) is 6.04 Å². The first-order chi connectivity index (χ1) is 9.60. The fourth-order valence-corrected chi connectivity index (χ4v) is 1.98. The molecule has 0 unspecified atom stereocenters. The van der Waals surface area contributed by atoms with Crippen molar-refractivity contribution in [2.75, 3.05) is 13.1 Å². The van der Waals surface area contributed by atoms with Crippen molar-refractivity contribution in [3.05, 3.63) is 24.0 Å². The number of hydrogen-bond donors (Lipinski definition) is 2. The molecule has 1 fully saturated rings. The van der Waals surface area contributed by atoms with Crippen molar-refractivity contribution in [1.29, 1.82) is 0 Å². The quantitative estimate of drug-likeness (QED) is 0.423. The number of amidine groups is 1. The van der Waals surface area contributed by atoms with E-state index in [0.717, 1.165) is 37.6 Å². The molecule has 5 heteroatoms. The Morgan fingerprint density at radius 3 is 2.65 bits per heavy atom. The van der Waals surface area contributed by atoms with Gasteiger partial charge in [-0.25, -0.2) is 4.99 Å². The van der Waals surface area contributed by atoms with Crippen LogP contribution in [0.4, 0.5) is 0 Å². The van der Waals surface area contributed by atoms with E-state index < -0.39 is 0 Å². The molecule has 20 heavy (non-hydrogen) atoms. The third kappa shape index (κ3) is 5.07. The average Bonchev–Trinajstić information content (AvgIpc) is 2.32. The Balaban J connectivity index is 2.76. The molecule has 1 saturated heterocycles. The summed E-state index contributed by atoms with van der Waals surface area (Å²) < 4.78 is 0. The lowest BCUT2D eigenvalue weighted by Gasteiger charge is -2.40. The maximum atomic E-state index is 10.4. The molecule has 0 bridgehead atoms. The number of likely N-dealkylation sites (tertiary alicyclic amines) is 1. The first-order valence-electron chi connectivity index (χ1n) is 7.23. The van der Waals surface area contributed by atoms with Crippen LogP contribution in [-0.2, 0) is 4.79 Å². The normalized spacial score (nSPS) is 17.6. The van der Waals surface area contributed by atoms with Crippen LogP contribution in [0.5, 0.6) is 0 Å². The number of carbonyl (C=O) groups is 1. The third-order valence-electron chi connectivity index (χ3n) is 2.89. The minimum atomic E-state index is 0.236. The lowest BCUT2D eigenvalue weighted by Crippen LogP contribution is -2.59. The zero-order valence-electron chi connectivity index (χ0n) is 12.9. The summed E-state index contributed by atoms with van der Waals surface area (Å²) in [6.45, 7) is 9.89. The maximum Gasteiger partial charge on any atom is 0.207 e. The second-order valence-electron chi connectivity index (χ2n) is 5.15. The Morgan fingerprint density at radius 2 is 2.15 bits per heavy atom.